The SMILES string of the molecule is C#CCNS(=O)(=O)c1cccc(C(=O)NCCc2c[nH]c3ccccc23)c1. The third kappa shape index (κ3) is 4.37. The number of aromatic amines is 1. The topological polar surface area (TPSA) is 91.1 Å². The Morgan fingerprint density at radius 2 is 1.96 bits per heavy atom. The van der Waals surface area contributed by atoms with Crippen LogP contribution in [0.25, 0.3) is 10.9 Å². The minimum absolute atomic E-state index is 0.00188. The summed E-state index contributed by atoms with van der Waals surface area (Å²) in [7, 11) is -3.74. The molecule has 0 bridgehead atoms. The third-order valence-corrected chi connectivity index (χ3v) is 5.52. The smallest absolute Gasteiger partial charge is 0.251 e. The van der Waals surface area contributed by atoms with Crippen molar-refractivity contribution in [3.63, 3.8) is 0 Å². The van der Waals surface area contributed by atoms with Gasteiger partial charge in [-0.05, 0) is 36.2 Å². The van der Waals surface area contributed by atoms with E-state index in [1.54, 1.807) is 6.07 Å². The first kappa shape index (κ1) is 18.7. The second kappa shape index (κ2) is 8.08. The van der Waals surface area contributed by atoms with E-state index >= 15 is 0 Å². The summed E-state index contributed by atoms with van der Waals surface area (Å²) in [5.41, 5.74) is 2.44. The Morgan fingerprint density at radius 1 is 1.15 bits per heavy atom. The first-order valence-corrected chi connectivity index (χ1v) is 9.86. The minimum Gasteiger partial charge on any atom is -0.361 e. The molecule has 0 aliphatic heterocycles. The lowest BCUT2D eigenvalue weighted by molar-refractivity contribution is 0.0954. The van der Waals surface area contributed by atoms with Crippen LogP contribution >= 0.6 is 0 Å². The summed E-state index contributed by atoms with van der Waals surface area (Å²) >= 11 is 0. The van der Waals surface area contributed by atoms with Crippen LogP contribution < -0.4 is 10.0 Å². The molecule has 6 nitrogen and oxygen atoms in total. The van der Waals surface area contributed by atoms with Crippen molar-refractivity contribution < 1.29 is 13.2 Å². The summed E-state index contributed by atoms with van der Waals surface area (Å²) in [6.45, 7) is 0.330. The molecule has 0 radical (unpaired) electrons. The van der Waals surface area contributed by atoms with Crippen LogP contribution in [0.3, 0.4) is 0 Å². The van der Waals surface area contributed by atoms with E-state index in [-0.39, 0.29) is 22.9 Å². The molecule has 1 heterocycles. The number of carbonyl (C=O) groups excluding carboxylic acids is 1. The van der Waals surface area contributed by atoms with Gasteiger partial charge in [-0.25, -0.2) is 8.42 Å². The monoisotopic (exact) mass is 381 g/mol. The summed E-state index contributed by atoms with van der Waals surface area (Å²) in [6.07, 6.45) is 7.67. The number of nitrogens with one attached hydrogen (secondary N) is 3. The van der Waals surface area contributed by atoms with Crippen molar-refractivity contribution in [2.24, 2.45) is 0 Å². The molecule has 27 heavy (non-hydrogen) atoms. The van der Waals surface area contributed by atoms with Gasteiger partial charge in [0.05, 0.1) is 11.4 Å². The maximum Gasteiger partial charge on any atom is 0.251 e. The second-order valence-electron chi connectivity index (χ2n) is 5.92. The van der Waals surface area contributed by atoms with Crippen LogP contribution in [-0.2, 0) is 16.4 Å². The maximum atomic E-state index is 12.4. The van der Waals surface area contributed by atoms with Crippen molar-refractivity contribution in [1.82, 2.24) is 15.0 Å². The van der Waals surface area contributed by atoms with Crippen LogP contribution in [0.15, 0.2) is 59.6 Å². The zero-order chi connectivity index (χ0) is 19.3. The normalized spacial score (nSPS) is 11.2. The van der Waals surface area contributed by atoms with Crippen LogP contribution in [0.1, 0.15) is 15.9 Å². The Bertz CT molecular complexity index is 1110. The lowest BCUT2D eigenvalue weighted by Crippen LogP contribution is -2.27. The highest BCUT2D eigenvalue weighted by molar-refractivity contribution is 7.89. The highest BCUT2D eigenvalue weighted by Crippen LogP contribution is 2.17. The summed E-state index contributed by atoms with van der Waals surface area (Å²) in [5.74, 6) is 1.88. The van der Waals surface area contributed by atoms with E-state index in [1.807, 2.05) is 30.5 Å². The van der Waals surface area contributed by atoms with Gasteiger partial charge in [0.15, 0.2) is 0 Å². The Kier molecular flexibility index (Phi) is 5.60. The molecule has 0 unspecified atom stereocenters. The molecule has 0 aliphatic rings. The van der Waals surface area contributed by atoms with Crippen LogP contribution in [0.2, 0.25) is 0 Å². The number of terminal acetylenes is 1. The van der Waals surface area contributed by atoms with E-state index in [1.165, 1.54) is 18.2 Å². The summed E-state index contributed by atoms with van der Waals surface area (Å²) in [5, 5.41) is 3.95. The Labute approximate surface area is 158 Å². The van der Waals surface area contributed by atoms with Crippen LogP contribution in [-0.4, -0.2) is 32.4 Å². The molecule has 3 aromatic rings. The largest absolute Gasteiger partial charge is 0.361 e. The van der Waals surface area contributed by atoms with Gasteiger partial charge in [0.2, 0.25) is 10.0 Å². The van der Waals surface area contributed by atoms with Gasteiger partial charge in [-0.1, -0.05) is 30.2 Å². The predicted octanol–water partition coefficient (Wildman–Crippen LogP) is 2.05. The van der Waals surface area contributed by atoms with Crippen molar-refractivity contribution in [2.75, 3.05) is 13.1 Å². The second-order valence-corrected chi connectivity index (χ2v) is 7.69. The van der Waals surface area contributed by atoms with Gasteiger partial charge in [-0.2, -0.15) is 4.72 Å². The molecule has 0 saturated carbocycles. The molecule has 0 fully saturated rings. The summed E-state index contributed by atoms with van der Waals surface area (Å²) in [6, 6.07) is 13.8. The number of hydrogen-bond donors (Lipinski definition) is 3. The first-order chi connectivity index (χ1) is 13.0. The number of rotatable bonds is 7. The number of sulfonamides is 1. The molecule has 3 N–H and O–H groups in total. The van der Waals surface area contributed by atoms with Crippen molar-refractivity contribution in [1.29, 1.82) is 0 Å². The van der Waals surface area contributed by atoms with E-state index in [2.05, 4.69) is 20.9 Å². The van der Waals surface area contributed by atoms with Gasteiger partial charge >= 0.3 is 0 Å². The zero-order valence-corrected chi connectivity index (χ0v) is 15.3. The lowest BCUT2D eigenvalue weighted by atomic mass is 10.1. The highest BCUT2D eigenvalue weighted by atomic mass is 32.2. The van der Waals surface area contributed by atoms with Crippen LogP contribution in [0, 0.1) is 12.3 Å². The number of fused-ring (bicyclic) bond motifs is 1. The van der Waals surface area contributed by atoms with Crippen LogP contribution in [0.5, 0.6) is 0 Å². The molecule has 0 aliphatic carbocycles. The number of hydrogen-bond acceptors (Lipinski definition) is 3. The summed E-state index contributed by atoms with van der Waals surface area (Å²) in [4.78, 5) is 15.6. The third-order valence-electron chi connectivity index (χ3n) is 4.13. The minimum atomic E-state index is -3.74. The number of carbonyl (C=O) groups is 1. The van der Waals surface area contributed by atoms with Gasteiger partial charge in [0.1, 0.15) is 0 Å². The highest BCUT2D eigenvalue weighted by Gasteiger charge is 2.15. The standard InChI is InChI=1S/C20H19N3O3S/c1-2-11-23-27(25,26)17-7-5-6-15(13-17)20(24)21-12-10-16-14-22-19-9-4-3-8-18(16)19/h1,3-9,13-14,22-23H,10-12H2,(H,21,24). The van der Waals surface area contributed by atoms with Crippen molar-refractivity contribution >= 4 is 26.8 Å². The maximum absolute atomic E-state index is 12.4. The lowest BCUT2D eigenvalue weighted by Gasteiger charge is -2.08. The molecular weight excluding hydrogens is 362 g/mol. The van der Waals surface area contributed by atoms with E-state index in [0.717, 1.165) is 16.5 Å². The Morgan fingerprint density at radius 3 is 2.78 bits per heavy atom. The number of amides is 1. The van der Waals surface area contributed by atoms with E-state index in [0.29, 0.717) is 13.0 Å². The molecule has 0 saturated heterocycles. The van der Waals surface area contributed by atoms with Gasteiger partial charge in [-0.15, -0.1) is 6.42 Å². The van der Waals surface area contributed by atoms with E-state index in [9.17, 15) is 13.2 Å². The van der Waals surface area contributed by atoms with Crippen molar-refractivity contribution in [2.45, 2.75) is 11.3 Å². The van der Waals surface area contributed by atoms with Gasteiger partial charge in [-0.3, -0.25) is 4.79 Å². The average Bonchev–Trinajstić information content (AvgIpc) is 3.10. The van der Waals surface area contributed by atoms with Crippen molar-refractivity contribution in [3.8, 4) is 12.3 Å². The Balaban J connectivity index is 1.65. The van der Waals surface area contributed by atoms with E-state index < -0.39 is 10.0 Å². The number of H-pyrrole nitrogens is 1. The molecule has 1 aromatic heterocycles. The fraction of sp³-hybridized carbons (Fsp3) is 0.150. The molecule has 2 aromatic carbocycles. The Hall–Kier alpha value is -3.08. The fourth-order valence-electron chi connectivity index (χ4n) is 2.78. The van der Waals surface area contributed by atoms with Gasteiger partial charge in [0, 0.05) is 29.2 Å². The molecule has 138 valence electrons. The van der Waals surface area contributed by atoms with Gasteiger partial charge in [0.25, 0.3) is 5.91 Å². The molecule has 0 atom stereocenters. The molecule has 3 rings (SSSR count). The van der Waals surface area contributed by atoms with E-state index in [4.69, 9.17) is 6.42 Å². The van der Waals surface area contributed by atoms with Crippen LogP contribution in [0.4, 0.5) is 0 Å². The zero-order valence-electron chi connectivity index (χ0n) is 14.5. The predicted molar refractivity (Wildman–Crippen MR) is 105 cm³/mol. The number of benzene rings is 2. The first-order valence-electron chi connectivity index (χ1n) is 8.37. The molecule has 0 spiro atoms. The quantitative estimate of drug-likeness (QED) is 0.547. The number of aromatic nitrogens is 1. The summed E-state index contributed by atoms with van der Waals surface area (Å²) < 4.78 is 26.5. The molecule has 7 heteroatoms. The average molecular weight is 381 g/mol. The fourth-order valence-corrected chi connectivity index (χ4v) is 3.76. The molecule has 1 amide bonds. The van der Waals surface area contributed by atoms with Gasteiger partial charge < -0.3 is 10.3 Å². The van der Waals surface area contributed by atoms with Crippen molar-refractivity contribution in [3.05, 3.63) is 65.9 Å². The number of para-hydroxylation sites is 1. The molecular formula is C20H19N3O3S.